The van der Waals surface area contributed by atoms with Crippen molar-refractivity contribution in [3.05, 3.63) is 47.5 Å². The van der Waals surface area contributed by atoms with Crippen molar-refractivity contribution < 1.29 is 9.18 Å². The molecule has 2 rings (SSSR count). The predicted molar refractivity (Wildman–Crippen MR) is 75.7 cm³/mol. The van der Waals surface area contributed by atoms with Gasteiger partial charge in [0.2, 0.25) is 5.91 Å². The minimum atomic E-state index is -0.265. The Hall–Kier alpha value is -2.28. The second-order valence-electron chi connectivity index (χ2n) is 4.86. The van der Waals surface area contributed by atoms with Crippen molar-refractivity contribution in [1.82, 2.24) is 20.3 Å². The van der Waals surface area contributed by atoms with Gasteiger partial charge in [-0.2, -0.15) is 0 Å². The largest absolute Gasteiger partial charge is 0.354 e. The van der Waals surface area contributed by atoms with E-state index in [0.717, 1.165) is 5.56 Å². The molecule has 0 aliphatic heterocycles. The molecule has 1 aromatic heterocycles. The zero-order valence-electron chi connectivity index (χ0n) is 11.8. The molecular weight excluding hydrogens is 273 g/mol. The zero-order chi connectivity index (χ0) is 15.2. The van der Waals surface area contributed by atoms with E-state index in [1.165, 1.54) is 16.8 Å². The number of nitrogens with one attached hydrogen (secondary N) is 1. The molecule has 112 valence electrons. The fraction of sp³-hybridized carbons (Fsp3) is 0.357. The van der Waals surface area contributed by atoms with Crippen LogP contribution < -0.4 is 11.1 Å². The highest BCUT2D eigenvalue weighted by Crippen LogP contribution is 2.04. The van der Waals surface area contributed by atoms with Gasteiger partial charge < -0.3 is 11.1 Å². The lowest BCUT2D eigenvalue weighted by Gasteiger charge is -2.05. The highest BCUT2D eigenvalue weighted by atomic mass is 19.1. The standard InChI is InChI=1S/C14H18FN5O/c1-10(16)13-8-20(19-18-13)9-14(21)17-7-6-11-2-4-12(15)5-3-11/h2-5,8,10H,6-7,9,16H2,1H3,(H,17,21). The van der Waals surface area contributed by atoms with Crippen LogP contribution in [-0.2, 0) is 17.8 Å². The van der Waals surface area contributed by atoms with Gasteiger partial charge in [-0.15, -0.1) is 5.10 Å². The van der Waals surface area contributed by atoms with E-state index in [2.05, 4.69) is 15.6 Å². The Labute approximate surface area is 122 Å². The summed E-state index contributed by atoms with van der Waals surface area (Å²) in [5.41, 5.74) is 7.29. The maximum atomic E-state index is 12.7. The number of hydrogen-bond donors (Lipinski definition) is 2. The second kappa shape index (κ2) is 6.94. The van der Waals surface area contributed by atoms with Crippen molar-refractivity contribution >= 4 is 5.91 Å². The van der Waals surface area contributed by atoms with Gasteiger partial charge in [0, 0.05) is 12.6 Å². The van der Waals surface area contributed by atoms with Gasteiger partial charge >= 0.3 is 0 Å². The van der Waals surface area contributed by atoms with Gasteiger partial charge in [0.15, 0.2) is 0 Å². The van der Waals surface area contributed by atoms with Crippen molar-refractivity contribution in [3.63, 3.8) is 0 Å². The Morgan fingerprint density at radius 2 is 2.14 bits per heavy atom. The molecule has 0 spiro atoms. The van der Waals surface area contributed by atoms with Crippen molar-refractivity contribution in [2.45, 2.75) is 25.9 Å². The van der Waals surface area contributed by atoms with Crippen LogP contribution >= 0.6 is 0 Å². The number of nitrogens with zero attached hydrogens (tertiary/aromatic N) is 3. The lowest BCUT2D eigenvalue weighted by Crippen LogP contribution is -2.29. The van der Waals surface area contributed by atoms with E-state index < -0.39 is 0 Å². The van der Waals surface area contributed by atoms with E-state index in [-0.39, 0.29) is 24.3 Å². The minimum Gasteiger partial charge on any atom is -0.354 e. The number of nitrogens with two attached hydrogens (primary N) is 1. The molecule has 6 nitrogen and oxygen atoms in total. The SMILES string of the molecule is CC(N)c1cn(CC(=O)NCCc2ccc(F)cc2)nn1. The Kier molecular flexibility index (Phi) is 4.99. The molecule has 0 radical (unpaired) electrons. The first-order valence-corrected chi connectivity index (χ1v) is 6.71. The molecule has 21 heavy (non-hydrogen) atoms. The number of benzene rings is 1. The summed E-state index contributed by atoms with van der Waals surface area (Å²) in [6.45, 7) is 2.39. The molecule has 1 unspecified atom stereocenters. The Morgan fingerprint density at radius 1 is 1.43 bits per heavy atom. The number of halogens is 1. The number of carbonyl (C=O) groups excluding carboxylic acids is 1. The molecule has 0 bridgehead atoms. The maximum Gasteiger partial charge on any atom is 0.241 e. The van der Waals surface area contributed by atoms with Gasteiger partial charge in [-0.05, 0) is 31.0 Å². The van der Waals surface area contributed by atoms with Crippen LogP contribution in [0.2, 0.25) is 0 Å². The lowest BCUT2D eigenvalue weighted by molar-refractivity contribution is -0.121. The van der Waals surface area contributed by atoms with Crippen LogP contribution in [-0.4, -0.2) is 27.4 Å². The van der Waals surface area contributed by atoms with Crippen LogP contribution in [0.15, 0.2) is 30.5 Å². The van der Waals surface area contributed by atoms with Gasteiger partial charge in [0.25, 0.3) is 0 Å². The van der Waals surface area contributed by atoms with Crippen LogP contribution in [0, 0.1) is 5.82 Å². The monoisotopic (exact) mass is 291 g/mol. The van der Waals surface area contributed by atoms with Crippen LogP contribution in [0.4, 0.5) is 4.39 Å². The molecule has 1 aromatic carbocycles. The molecule has 1 atom stereocenters. The molecule has 0 saturated heterocycles. The molecule has 1 heterocycles. The van der Waals surface area contributed by atoms with E-state index in [1.807, 2.05) is 0 Å². The number of rotatable bonds is 6. The molecule has 1 amide bonds. The third-order valence-corrected chi connectivity index (χ3v) is 2.98. The summed E-state index contributed by atoms with van der Waals surface area (Å²) in [6, 6.07) is 6.01. The molecule has 3 N–H and O–H groups in total. The van der Waals surface area contributed by atoms with Crippen molar-refractivity contribution in [1.29, 1.82) is 0 Å². The average Bonchev–Trinajstić information content (AvgIpc) is 2.90. The average molecular weight is 291 g/mol. The third-order valence-electron chi connectivity index (χ3n) is 2.98. The first-order chi connectivity index (χ1) is 10.0. The highest BCUT2D eigenvalue weighted by molar-refractivity contribution is 5.75. The quantitative estimate of drug-likeness (QED) is 0.824. The van der Waals surface area contributed by atoms with Gasteiger partial charge in [0.1, 0.15) is 12.4 Å². The summed E-state index contributed by atoms with van der Waals surface area (Å²) in [5, 5.41) is 10.5. The summed E-state index contributed by atoms with van der Waals surface area (Å²) in [4.78, 5) is 11.7. The molecule has 0 aliphatic carbocycles. The number of aromatic nitrogens is 3. The molecule has 0 aliphatic rings. The smallest absolute Gasteiger partial charge is 0.241 e. The summed E-state index contributed by atoms with van der Waals surface area (Å²) in [5.74, 6) is -0.419. The molecular formula is C14H18FN5O. The third kappa shape index (κ3) is 4.64. The summed E-state index contributed by atoms with van der Waals surface area (Å²) in [7, 11) is 0. The Bertz CT molecular complexity index is 594. The first-order valence-electron chi connectivity index (χ1n) is 6.71. The number of amides is 1. The van der Waals surface area contributed by atoms with E-state index in [9.17, 15) is 9.18 Å². The van der Waals surface area contributed by atoms with E-state index in [1.54, 1.807) is 25.3 Å². The van der Waals surface area contributed by atoms with Crippen molar-refractivity contribution in [3.8, 4) is 0 Å². The van der Waals surface area contributed by atoms with E-state index in [0.29, 0.717) is 18.7 Å². The van der Waals surface area contributed by atoms with Crippen molar-refractivity contribution in [2.75, 3.05) is 6.54 Å². The van der Waals surface area contributed by atoms with Gasteiger partial charge in [-0.1, -0.05) is 17.3 Å². The van der Waals surface area contributed by atoms with E-state index in [4.69, 9.17) is 5.73 Å². The molecule has 0 fully saturated rings. The fourth-order valence-electron chi connectivity index (χ4n) is 1.80. The molecule has 2 aromatic rings. The summed E-state index contributed by atoms with van der Waals surface area (Å²) >= 11 is 0. The van der Waals surface area contributed by atoms with Crippen LogP contribution in [0.3, 0.4) is 0 Å². The van der Waals surface area contributed by atoms with Gasteiger partial charge in [0.05, 0.1) is 11.9 Å². The Balaban J connectivity index is 1.75. The Morgan fingerprint density at radius 3 is 2.76 bits per heavy atom. The lowest BCUT2D eigenvalue weighted by atomic mass is 10.1. The first kappa shape index (κ1) is 15.1. The van der Waals surface area contributed by atoms with Crippen LogP contribution in [0.25, 0.3) is 0 Å². The van der Waals surface area contributed by atoms with Gasteiger partial charge in [-0.25, -0.2) is 9.07 Å². The predicted octanol–water partition coefficient (Wildman–Crippen LogP) is 0.796. The topological polar surface area (TPSA) is 85.8 Å². The summed E-state index contributed by atoms with van der Waals surface area (Å²) in [6.07, 6.45) is 2.30. The normalized spacial score (nSPS) is 12.1. The number of carbonyl (C=O) groups is 1. The highest BCUT2D eigenvalue weighted by Gasteiger charge is 2.08. The summed E-state index contributed by atoms with van der Waals surface area (Å²) < 4.78 is 14.2. The van der Waals surface area contributed by atoms with Crippen LogP contribution in [0.5, 0.6) is 0 Å². The number of hydrogen-bond acceptors (Lipinski definition) is 4. The van der Waals surface area contributed by atoms with Crippen LogP contribution in [0.1, 0.15) is 24.2 Å². The second-order valence-corrected chi connectivity index (χ2v) is 4.86. The molecule has 0 saturated carbocycles. The maximum absolute atomic E-state index is 12.7. The fourth-order valence-corrected chi connectivity index (χ4v) is 1.80. The van der Waals surface area contributed by atoms with Gasteiger partial charge in [-0.3, -0.25) is 4.79 Å². The van der Waals surface area contributed by atoms with E-state index >= 15 is 0 Å². The zero-order valence-corrected chi connectivity index (χ0v) is 11.8. The van der Waals surface area contributed by atoms with Crippen molar-refractivity contribution in [2.24, 2.45) is 5.73 Å². The minimum absolute atomic E-state index is 0.100. The molecule has 7 heteroatoms.